The van der Waals surface area contributed by atoms with Crippen LogP contribution in [0.1, 0.15) is 40.3 Å². The first-order chi connectivity index (χ1) is 23.0. The number of aryl methyl sites for hydroxylation is 1. The van der Waals surface area contributed by atoms with Gasteiger partial charge in [0.15, 0.2) is 4.80 Å². The van der Waals surface area contributed by atoms with Crippen molar-refractivity contribution >= 4 is 39.6 Å². The molecule has 7 nitrogen and oxygen atoms in total. The van der Waals surface area contributed by atoms with E-state index in [4.69, 9.17) is 9.73 Å². The Balaban J connectivity index is 1.34. The van der Waals surface area contributed by atoms with E-state index in [9.17, 15) is 19.3 Å². The third kappa shape index (κ3) is 5.05. The number of fused-ring (bicyclic) bond motifs is 4. The van der Waals surface area contributed by atoms with Crippen LogP contribution in [0, 0.1) is 15.9 Å². The molecular weight excluding hydrogens is 614 g/mol. The zero-order chi connectivity index (χ0) is 32.1. The molecule has 1 aliphatic carbocycles. The maximum Gasteiger partial charge on any atom is 0.271 e. The van der Waals surface area contributed by atoms with Crippen LogP contribution in [0.5, 0.6) is 5.75 Å². The Kier molecular flexibility index (Phi) is 7.10. The average molecular weight is 640 g/mol. The number of nitro benzene ring substituents is 1. The van der Waals surface area contributed by atoms with Gasteiger partial charge in [-0.15, -0.1) is 0 Å². The summed E-state index contributed by atoms with van der Waals surface area (Å²) in [6, 6.07) is 32.2. The van der Waals surface area contributed by atoms with E-state index in [2.05, 4.69) is 6.07 Å². The molecule has 1 aliphatic heterocycles. The summed E-state index contributed by atoms with van der Waals surface area (Å²) in [7, 11) is 0. The maximum absolute atomic E-state index is 14.5. The first-order valence-electron chi connectivity index (χ1n) is 15.2. The van der Waals surface area contributed by atoms with E-state index < -0.39 is 11.0 Å². The molecule has 0 saturated heterocycles. The Morgan fingerprint density at radius 2 is 1.77 bits per heavy atom. The summed E-state index contributed by atoms with van der Waals surface area (Å²) in [6.45, 7) is 0.0199. The van der Waals surface area contributed by atoms with Gasteiger partial charge in [-0.2, -0.15) is 0 Å². The van der Waals surface area contributed by atoms with E-state index in [1.165, 1.54) is 29.0 Å². The standard InChI is InChI=1S/C38H26FN3O4S/c39-32-15-6-3-10-26(32)22-46-33-19-17-23-8-1-4-13-28(23)31(33)21-34-37(43)41-36(25-11-7-12-27(20-25)42(44)45)30-18-16-24-9-2-5-14-29(24)35(30)40-38(41)47-34/h1-15,17,19-21,36H,16,18,22H2/b34-21+/t36-/m0/s1. The number of aromatic nitrogens is 1. The highest BCUT2D eigenvalue weighted by atomic mass is 32.1. The van der Waals surface area contributed by atoms with Crippen molar-refractivity contribution in [3.63, 3.8) is 0 Å². The van der Waals surface area contributed by atoms with Gasteiger partial charge in [-0.05, 0) is 58.5 Å². The molecule has 2 aliphatic rings. The summed E-state index contributed by atoms with van der Waals surface area (Å²) in [4.78, 5) is 31.4. The number of nitro groups is 1. The summed E-state index contributed by atoms with van der Waals surface area (Å²) in [5.41, 5.74) is 5.47. The Bertz CT molecular complexity index is 2460. The van der Waals surface area contributed by atoms with Crippen molar-refractivity contribution in [1.29, 1.82) is 0 Å². The summed E-state index contributed by atoms with van der Waals surface area (Å²) in [5.74, 6) is 0.163. The van der Waals surface area contributed by atoms with Gasteiger partial charge in [-0.1, -0.05) is 96.3 Å². The Labute approximate surface area is 272 Å². The molecule has 6 aromatic rings. The fourth-order valence-corrected chi connectivity index (χ4v) is 7.57. The number of rotatable bonds is 6. The van der Waals surface area contributed by atoms with Gasteiger partial charge in [-0.25, -0.2) is 9.38 Å². The molecule has 9 heteroatoms. The quantitative estimate of drug-likeness (QED) is 0.144. The SMILES string of the molecule is O=c1/c(=C\c2c(OCc3ccccc3F)ccc3ccccc23)sc2n1[C@@H](c1cccc([N+](=O)[O-])c1)C1=C(N=2)c2ccccc2CC1. The highest BCUT2D eigenvalue weighted by molar-refractivity contribution is 7.07. The fraction of sp³-hybridized carbons (Fsp3) is 0.105. The van der Waals surface area contributed by atoms with Gasteiger partial charge in [0.25, 0.3) is 11.2 Å². The lowest BCUT2D eigenvalue weighted by atomic mass is 9.83. The van der Waals surface area contributed by atoms with Crippen LogP contribution < -0.4 is 19.6 Å². The van der Waals surface area contributed by atoms with Crippen molar-refractivity contribution in [2.75, 3.05) is 0 Å². The van der Waals surface area contributed by atoms with Gasteiger partial charge in [0.05, 0.1) is 21.2 Å². The van der Waals surface area contributed by atoms with E-state index in [0.29, 0.717) is 38.2 Å². The first kappa shape index (κ1) is 28.8. The van der Waals surface area contributed by atoms with Gasteiger partial charge < -0.3 is 4.74 Å². The van der Waals surface area contributed by atoms with Crippen molar-refractivity contribution in [3.05, 3.63) is 178 Å². The van der Waals surface area contributed by atoms with Gasteiger partial charge in [-0.3, -0.25) is 19.5 Å². The van der Waals surface area contributed by atoms with Gasteiger partial charge >= 0.3 is 0 Å². The number of hydrogen-bond acceptors (Lipinski definition) is 6. The molecule has 0 bridgehead atoms. The largest absolute Gasteiger partial charge is 0.488 e. The summed E-state index contributed by atoms with van der Waals surface area (Å²) in [6.07, 6.45) is 3.27. The summed E-state index contributed by atoms with van der Waals surface area (Å²) < 4.78 is 22.8. The number of hydrogen-bond donors (Lipinski definition) is 0. The maximum atomic E-state index is 14.5. The Morgan fingerprint density at radius 1 is 0.957 bits per heavy atom. The second kappa shape index (κ2) is 11.6. The molecule has 0 N–H and O–H groups in total. The van der Waals surface area contributed by atoms with E-state index in [-0.39, 0.29) is 23.7 Å². The van der Waals surface area contributed by atoms with Crippen LogP contribution in [0.15, 0.2) is 125 Å². The van der Waals surface area contributed by atoms with Crippen LogP contribution in [0.25, 0.3) is 22.5 Å². The van der Waals surface area contributed by atoms with Crippen molar-refractivity contribution in [3.8, 4) is 5.75 Å². The highest BCUT2D eigenvalue weighted by Crippen LogP contribution is 2.41. The topological polar surface area (TPSA) is 86.7 Å². The highest BCUT2D eigenvalue weighted by Gasteiger charge is 2.33. The van der Waals surface area contributed by atoms with Crippen LogP contribution in [-0.4, -0.2) is 9.49 Å². The van der Waals surface area contributed by atoms with E-state index in [1.54, 1.807) is 34.9 Å². The third-order valence-electron chi connectivity index (χ3n) is 8.82. The monoisotopic (exact) mass is 639 g/mol. The number of thiazole rings is 1. The van der Waals surface area contributed by atoms with Crippen molar-refractivity contribution in [2.45, 2.75) is 25.5 Å². The van der Waals surface area contributed by atoms with E-state index >= 15 is 0 Å². The molecule has 5 aromatic carbocycles. The zero-order valence-corrected chi connectivity index (χ0v) is 25.7. The van der Waals surface area contributed by atoms with E-state index in [0.717, 1.165) is 34.0 Å². The number of benzene rings is 5. The molecule has 1 aromatic heterocycles. The summed E-state index contributed by atoms with van der Waals surface area (Å²) in [5, 5.41) is 13.6. The molecule has 8 rings (SSSR count). The average Bonchev–Trinajstić information content (AvgIpc) is 3.41. The molecule has 0 fully saturated rings. The van der Waals surface area contributed by atoms with Crippen LogP contribution in [0.2, 0.25) is 0 Å². The van der Waals surface area contributed by atoms with Gasteiger partial charge in [0, 0.05) is 28.8 Å². The molecular formula is C38H26FN3O4S. The second-order valence-electron chi connectivity index (χ2n) is 11.5. The van der Waals surface area contributed by atoms with Crippen molar-refractivity contribution in [2.24, 2.45) is 4.99 Å². The van der Waals surface area contributed by atoms with Gasteiger partial charge in [0.2, 0.25) is 0 Å². The van der Waals surface area contributed by atoms with Crippen LogP contribution >= 0.6 is 11.3 Å². The number of halogens is 1. The lowest BCUT2D eigenvalue weighted by Gasteiger charge is -2.30. The minimum absolute atomic E-state index is 0.0199. The Hall–Kier alpha value is -5.67. The van der Waals surface area contributed by atoms with Crippen molar-refractivity contribution in [1.82, 2.24) is 4.57 Å². The summed E-state index contributed by atoms with van der Waals surface area (Å²) >= 11 is 1.27. The Morgan fingerprint density at radius 3 is 2.64 bits per heavy atom. The van der Waals surface area contributed by atoms with Crippen LogP contribution in [0.4, 0.5) is 10.1 Å². The number of ether oxygens (including phenoxy) is 1. The predicted molar refractivity (Wildman–Crippen MR) is 181 cm³/mol. The number of allylic oxidation sites excluding steroid dienone is 1. The zero-order valence-electron chi connectivity index (χ0n) is 24.9. The van der Waals surface area contributed by atoms with Crippen molar-refractivity contribution < 1.29 is 14.1 Å². The molecule has 47 heavy (non-hydrogen) atoms. The van der Waals surface area contributed by atoms with E-state index in [1.807, 2.05) is 66.7 Å². The molecule has 2 heterocycles. The molecule has 0 saturated carbocycles. The minimum atomic E-state index is -0.555. The molecule has 230 valence electrons. The first-order valence-corrected chi connectivity index (χ1v) is 16.0. The fourth-order valence-electron chi connectivity index (χ4n) is 6.58. The minimum Gasteiger partial charge on any atom is -0.488 e. The molecule has 0 unspecified atom stereocenters. The predicted octanol–water partition coefficient (Wildman–Crippen LogP) is 7.10. The lowest BCUT2D eigenvalue weighted by Crippen LogP contribution is -2.38. The molecule has 0 spiro atoms. The molecule has 0 radical (unpaired) electrons. The molecule has 0 amide bonds. The second-order valence-corrected chi connectivity index (χ2v) is 12.6. The number of nitrogens with zero attached hydrogens (tertiary/aromatic N) is 3. The normalized spacial score (nSPS) is 15.5. The van der Waals surface area contributed by atoms with Gasteiger partial charge in [0.1, 0.15) is 18.2 Å². The smallest absolute Gasteiger partial charge is 0.271 e. The van der Waals surface area contributed by atoms with Crippen LogP contribution in [-0.2, 0) is 13.0 Å². The lowest BCUT2D eigenvalue weighted by molar-refractivity contribution is -0.384. The molecule has 1 atom stereocenters. The number of non-ortho nitro benzene ring substituents is 1. The third-order valence-corrected chi connectivity index (χ3v) is 9.80. The van der Waals surface area contributed by atoms with Crippen LogP contribution in [0.3, 0.4) is 0 Å².